The molecule has 4 nitrogen and oxygen atoms in total. The van der Waals surface area contributed by atoms with Crippen molar-refractivity contribution < 1.29 is 4.79 Å². The molecule has 0 saturated heterocycles. The Balaban J connectivity index is 2.56. The van der Waals surface area contributed by atoms with Gasteiger partial charge in [0.05, 0.1) is 12.1 Å². The average molecular weight is 207 g/mol. The molecule has 0 saturated carbocycles. The summed E-state index contributed by atoms with van der Waals surface area (Å²) in [4.78, 5) is 15.5. The molecule has 1 amide bonds. The summed E-state index contributed by atoms with van der Waals surface area (Å²) in [6, 6.07) is 3.63. The lowest BCUT2D eigenvalue weighted by molar-refractivity contribution is -0.123. The molecule has 0 bridgehead atoms. The third-order valence-corrected chi connectivity index (χ3v) is 2.39. The Bertz CT molecular complexity index is 313. The fraction of sp³-hybridized carbons (Fsp3) is 0.455. The topological polar surface area (TPSA) is 54.0 Å². The van der Waals surface area contributed by atoms with E-state index in [1.54, 1.807) is 19.4 Å². The van der Waals surface area contributed by atoms with Crippen LogP contribution in [-0.2, 0) is 4.79 Å². The van der Waals surface area contributed by atoms with Gasteiger partial charge in [-0.25, -0.2) is 0 Å². The van der Waals surface area contributed by atoms with Gasteiger partial charge in [0.25, 0.3) is 0 Å². The van der Waals surface area contributed by atoms with Gasteiger partial charge in [-0.3, -0.25) is 9.78 Å². The summed E-state index contributed by atoms with van der Waals surface area (Å²) in [5.41, 5.74) is 1.06. The second-order valence-electron chi connectivity index (χ2n) is 3.52. The number of nitrogens with one attached hydrogen (secondary N) is 2. The molecule has 0 spiro atoms. The van der Waals surface area contributed by atoms with Crippen LogP contribution in [0.25, 0.3) is 0 Å². The highest BCUT2D eigenvalue weighted by Crippen LogP contribution is 2.09. The SMILES string of the molecule is CNC(C)C(=O)N[C@@H](C)c1ccncc1. The van der Waals surface area contributed by atoms with Gasteiger partial charge in [0.2, 0.25) is 5.91 Å². The van der Waals surface area contributed by atoms with Gasteiger partial charge < -0.3 is 10.6 Å². The number of rotatable bonds is 4. The van der Waals surface area contributed by atoms with Gasteiger partial charge in [0.1, 0.15) is 0 Å². The average Bonchev–Trinajstić information content (AvgIpc) is 2.29. The molecule has 0 aliphatic carbocycles. The molecular weight excluding hydrogens is 190 g/mol. The minimum absolute atomic E-state index is 0.00168. The number of pyridine rings is 1. The van der Waals surface area contributed by atoms with Crippen LogP contribution >= 0.6 is 0 Å². The zero-order valence-corrected chi connectivity index (χ0v) is 9.32. The number of carbonyl (C=O) groups excluding carboxylic acids is 1. The molecule has 0 radical (unpaired) electrons. The number of nitrogens with zero attached hydrogens (tertiary/aromatic N) is 1. The molecule has 0 aromatic carbocycles. The summed E-state index contributed by atoms with van der Waals surface area (Å²) in [5.74, 6) is 0.00168. The van der Waals surface area contributed by atoms with Gasteiger partial charge in [-0.1, -0.05) is 0 Å². The zero-order valence-electron chi connectivity index (χ0n) is 9.32. The number of hydrogen-bond acceptors (Lipinski definition) is 3. The molecule has 1 unspecified atom stereocenters. The highest BCUT2D eigenvalue weighted by atomic mass is 16.2. The van der Waals surface area contributed by atoms with E-state index in [0.717, 1.165) is 5.56 Å². The molecular formula is C11H17N3O. The van der Waals surface area contributed by atoms with Crippen molar-refractivity contribution in [1.82, 2.24) is 15.6 Å². The first kappa shape index (κ1) is 11.7. The summed E-state index contributed by atoms with van der Waals surface area (Å²) in [7, 11) is 1.77. The first-order valence-corrected chi connectivity index (χ1v) is 5.02. The minimum Gasteiger partial charge on any atom is -0.348 e. The van der Waals surface area contributed by atoms with Crippen molar-refractivity contribution in [3.63, 3.8) is 0 Å². The molecule has 1 heterocycles. The van der Waals surface area contributed by atoms with E-state index in [4.69, 9.17) is 0 Å². The van der Waals surface area contributed by atoms with Crippen LogP contribution in [-0.4, -0.2) is 24.0 Å². The summed E-state index contributed by atoms with van der Waals surface area (Å²) in [6.07, 6.45) is 3.44. The largest absolute Gasteiger partial charge is 0.348 e. The number of aromatic nitrogens is 1. The van der Waals surface area contributed by atoms with Gasteiger partial charge in [-0.15, -0.1) is 0 Å². The van der Waals surface area contributed by atoms with E-state index in [9.17, 15) is 4.79 Å². The highest BCUT2D eigenvalue weighted by molar-refractivity contribution is 5.81. The summed E-state index contributed by atoms with van der Waals surface area (Å²) >= 11 is 0. The first-order chi connectivity index (χ1) is 7.15. The standard InChI is InChI=1S/C11H17N3O/c1-8(10-4-6-13-7-5-10)14-11(15)9(2)12-3/h4-9,12H,1-3H3,(H,14,15)/t8-,9?/m0/s1. The fourth-order valence-corrected chi connectivity index (χ4v) is 1.20. The molecule has 1 rings (SSSR count). The van der Waals surface area contributed by atoms with Crippen molar-refractivity contribution in [2.45, 2.75) is 25.9 Å². The quantitative estimate of drug-likeness (QED) is 0.770. The Morgan fingerprint density at radius 2 is 1.93 bits per heavy atom. The second kappa shape index (κ2) is 5.46. The Labute approximate surface area is 90.1 Å². The van der Waals surface area contributed by atoms with Crippen LogP contribution in [0.5, 0.6) is 0 Å². The van der Waals surface area contributed by atoms with Crippen LogP contribution in [0.3, 0.4) is 0 Å². The summed E-state index contributed by atoms with van der Waals surface area (Å²) in [5, 5.41) is 5.81. The van der Waals surface area contributed by atoms with Crippen molar-refractivity contribution in [3.8, 4) is 0 Å². The molecule has 0 aliphatic rings. The lowest BCUT2D eigenvalue weighted by Crippen LogP contribution is -2.41. The van der Waals surface area contributed by atoms with Crippen molar-refractivity contribution in [3.05, 3.63) is 30.1 Å². The maximum Gasteiger partial charge on any atom is 0.237 e. The van der Waals surface area contributed by atoms with Crippen LogP contribution in [0.15, 0.2) is 24.5 Å². The van der Waals surface area contributed by atoms with E-state index in [-0.39, 0.29) is 18.0 Å². The van der Waals surface area contributed by atoms with Crippen LogP contribution in [0, 0.1) is 0 Å². The Morgan fingerprint density at radius 1 is 1.33 bits per heavy atom. The van der Waals surface area contributed by atoms with Gasteiger partial charge >= 0.3 is 0 Å². The lowest BCUT2D eigenvalue weighted by atomic mass is 10.1. The third kappa shape index (κ3) is 3.32. The Hall–Kier alpha value is -1.42. The second-order valence-corrected chi connectivity index (χ2v) is 3.52. The molecule has 82 valence electrons. The molecule has 2 atom stereocenters. The number of likely N-dealkylation sites (N-methyl/N-ethyl adjacent to an activating group) is 1. The van der Waals surface area contributed by atoms with Crippen LogP contribution in [0.2, 0.25) is 0 Å². The molecule has 1 aromatic rings. The lowest BCUT2D eigenvalue weighted by Gasteiger charge is -2.17. The van der Waals surface area contributed by atoms with Gasteiger partial charge in [0.15, 0.2) is 0 Å². The van der Waals surface area contributed by atoms with Crippen LogP contribution in [0.4, 0.5) is 0 Å². The van der Waals surface area contributed by atoms with Crippen molar-refractivity contribution in [2.24, 2.45) is 0 Å². The van der Waals surface area contributed by atoms with E-state index >= 15 is 0 Å². The number of hydrogen-bond donors (Lipinski definition) is 2. The van der Waals surface area contributed by atoms with E-state index < -0.39 is 0 Å². The highest BCUT2D eigenvalue weighted by Gasteiger charge is 2.13. The summed E-state index contributed by atoms with van der Waals surface area (Å²) in [6.45, 7) is 3.78. The molecule has 4 heteroatoms. The van der Waals surface area contributed by atoms with Gasteiger partial charge in [-0.05, 0) is 38.6 Å². The molecule has 2 N–H and O–H groups in total. The Morgan fingerprint density at radius 3 is 2.47 bits per heavy atom. The maximum absolute atomic E-state index is 11.6. The third-order valence-electron chi connectivity index (χ3n) is 2.39. The van der Waals surface area contributed by atoms with Crippen molar-refractivity contribution in [2.75, 3.05) is 7.05 Å². The van der Waals surface area contributed by atoms with E-state index in [1.165, 1.54) is 0 Å². The van der Waals surface area contributed by atoms with E-state index in [2.05, 4.69) is 15.6 Å². The fourth-order valence-electron chi connectivity index (χ4n) is 1.20. The normalized spacial score (nSPS) is 14.3. The molecule has 0 fully saturated rings. The van der Waals surface area contributed by atoms with E-state index in [1.807, 2.05) is 26.0 Å². The van der Waals surface area contributed by atoms with Gasteiger partial charge in [0, 0.05) is 12.4 Å². The van der Waals surface area contributed by atoms with Gasteiger partial charge in [-0.2, -0.15) is 0 Å². The number of carbonyl (C=O) groups is 1. The first-order valence-electron chi connectivity index (χ1n) is 5.02. The Kier molecular flexibility index (Phi) is 4.24. The number of amides is 1. The van der Waals surface area contributed by atoms with Crippen molar-refractivity contribution in [1.29, 1.82) is 0 Å². The summed E-state index contributed by atoms with van der Waals surface area (Å²) < 4.78 is 0. The minimum atomic E-state index is -0.172. The van der Waals surface area contributed by atoms with Crippen LogP contribution < -0.4 is 10.6 Å². The molecule has 15 heavy (non-hydrogen) atoms. The maximum atomic E-state index is 11.6. The van der Waals surface area contributed by atoms with E-state index in [0.29, 0.717) is 0 Å². The van der Waals surface area contributed by atoms with Crippen molar-refractivity contribution >= 4 is 5.91 Å². The van der Waals surface area contributed by atoms with Crippen LogP contribution in [0.1, 0.15) is 25.5 Å². The molecule has 1 aromatic heterocycles. The predicted molar refractivity (Wildman–Crippen MR) is 59.3 cm³/mol. The predicted octanol–water partition coefficient (Wildman–Crippen LogP) is 0.867. The molecule has 0 aliphatic heterocycles. The zero-order chi connectivity index (χ0) is 11.3. The smallest absolute Gasteiger partial charge is 0.237 e. The monoisotopic (exact) mass is 207 g/mol.